The Morgan fingerprint density at radius 2 is 1.59 bits per heavy atom. The van der Waals surface area contributed by atoms with E-state index in [1.807, 2.05) is 6.07 Å². The monoisotopic (exact) mass is 372 g/mol. The molecule has 0 fully saturated rings. The van der Waals surface area contributed by atoms with E-state index in [0.29, 0.717) is 29.5 Å². The topological polar surface area (TPSA) is 77.1 Å². The molecule has 0 unspecified atom stereocenters. The maximum atomic E-state index is 12.4. The number of carbonyl (C=O) groups excluding carboxylic acids is 2. The van der Waals surface area contributed by atoms with Crippen LogP contribution < -0.4 is 24.4 Å². The first-order valence-electron chi connectivity index (χ1n) is 8.38. The predicted octanol–water partition coefficient (Wildman–Crippen LogP) is 2.38. The first-order valence-corrected chi connectivity index (χ1v) is 8.38. The van der Waals surface area contributed by atoms with Gasteiger partial charge < -0.3 is 19.5 Å². The van der Waals surface area contributed by atoms with Gasteiger partial charge in [-0.2, -0.15) is 0 Å². The second-order valence-electron chi connectivity index (χ2n) is 5.74. The van der Waals surface area contributed by atoms with Crippen LogP contribution in [-0.4, -0.2) is 39.7 Å². The van der Waals surface area contributed by atoms with Crippen molar-refractivity contribution in [2.75, 3.05) is 32.8 Å². The highest BCUT2D eigenvalue weighted by Gasteiger charge is 2.19. The van der Waals surface area contributed by atoms with Crippen molar-refractivity contribution in [3.8, 4) is 17.2 Å². The first kappa shape index (κ1) is 20.1. The summed E-state index contributed by atoms with van der Waals surface area (Å²) in [6, 6.07) is 12.5. The Hall–Kier alpha value is -3.22. The Kier molecular flexibility index (Phi) is 7.05. The Bertz CT molecular complexity index is 807. The molecule has 0 radical (unpaired) electrons. The summed E-state index contributed by atoms with van der Waals surface area (Å²) in [6.07, 6.45) is 0. The van der Waals surface area contributed by atoms with Gasteiger partial charge in [0.2, 0.25) is 11.8 Å². The standard InChI is InChI=1S/C20H24N2O5/c1-14(23)22(16-7-5-6-8-17(16)25-2)13-20(24)21-12-15-9-10-18(26-3)19(11-15)27-4/h5-11H,12-13H2,1-4H3,(H,21,24). The van der Waals surface area contributed by atoms with E-state index >= 15 is 0 Å². The Balaban J connectivity index is 2.06. The third-order valence-electron chi connectivity index (χ3n) is 4.00. The minimum Gasteiger partial charge on any atom is -0.495 e. The zero-order valence-electron chi connectivity index (χ0n) is 15.9. The van der Waals surface area contributed by atoms with Crippen LogP contribution in [0.3, 0.4) is 0 Å². The summed E-state index contributed by atoms with van der Waals surface area (Å²) in [5.74, 6) is 1.20. The van der Waals surface area contributed by atoms with Crippen LogP contribution in [0.5, 0.6) is 17.2 Å². The van der Waals surface area contributed by atoms with Crippen molar-refractivity contribution in [3.63, 3.8) is 0 Å². The van der Waals surface area contributed by atoms with E-state index in [1.165, 1.54) is 18.9 Å². The minimum absolute atomic E-state index is 0.108. The molecule has 0 saturated carbocycles. The molecule has 0 atom stereocenters. The molecule has 7 nitrogen and oxygen atoms in total. The number of rotatable bonds is 8. The lowest BCUT2D eigenvalue weighted by atomic mass is 10.2. The van der Waals surface area contributed by atoms with E-state index in [-0.39, 0.29) is 18.4 Å². The molecule has 2 aromatic rings. The highest BCUT2D eigenvalue weighted by Crippen LogP contribution is 2.28. The van der Waals surface area contributed by atoms with Crippen LogP contribution >= 0.6 is 0 Å². The van der Waals surface area contributed by atoms with E-state index < -0.39 is 0 Å². The van der Waals surface area contributed by atoms with Crippen LogP contribution in [0.2, 0.25) is 0 Å². The number of nitrogens with one attached hydrogen (secondary N) is 1. The Morgan fingerprint density at radius 1 is 0.926 bits per heavy atom. The Labute approximate surface area is 158 Å². The van der Waals surface area contributed by atoms with Crippen LogP contribution in [0.25, 0.3) is 0 Å². The number of ether oxygens (including phenoxy) is 3. The molecule has 27 heavy (non-hydrogen) atoms. The summed E-state index contributed by atoms with van der Waals surface area (Å²) < 4.78 is 15.7. The molecule has 2 rings (SSSR count). The molecule has 1 N–H and O–H groups in total. The summed E-state index contributed by atoms with van der Waals surface area (Å²) in [4.78, 5) is 25.8. The summed E-state index contributed by atoms with van der Waals surface area (Å²) >= 11 is 0. The highest BCUT2D eigenvalue weighted by atomic mass is 16.5. The molecule has 0 aliphatic carbocycles. The summed E-state index contributed by atoms with van der Waals surface area (Å²) in [5.41, 5.74) is 1.40. The fourth-order valence-electron chi connectivity index (χ4n) is 2.61. The van der Waals surface area contributed by atoms with E-state index in [4.69, 9.17) is 14.2 Å². The van der Waals surface area contributed by atoms with Gasteiger partial charge in [-0.3, -0.25) is 14.5 Å². The molecule has 0 spiro atoms. The number of benzene rings is 2. The normalized spacial score (nSPS) is 10.1. The molecule has 144 valence electrons. The van der Waals surface area contributed by atoms with Crippen LogP contribution in [0.1, 0.15) is 12.5 Å². The fourth-order valence-corrected chi connectivity index (χ4v) is 2.61. The fraction of sp³-hybridized carbons (Fsp3) is 0.300. The maximum Gasteiger partial charge on any atom is 0.240 e. The molecule has 0 bridgehead atoms. The predicted molar refractivity (Wildman–Crippen MR) is 102 cm³/mol. The molecular formula is C20H24N2O5. The van der Waals surface area contributed by atoms with Gasteiger partial charge in [0.15, 0.2) is 11.5 Å². The minimum atomic E-state index is -0.286. The number of methoxy groups -OCH3 is 3. The first-order chi connectivity index (χ1) is 13.0. The average Bonchev–Trinajstić information content (AvgIpc) is 2.69. The summed E-state index contributed by atoms with van der Waals surface area (Å²) in [7, 11) is 4.64. The molecule has 0 aromatic heterocycles. The smallest absolute Gasteiger partial charge is 0.240 e. The van der Waals surface area contributed by atoms with Gasteiger partial charge in [-0.05, 0) is 29.8 Å². The zero-order chi connectivity index (χ0) is 19.8. The highest BCUT2D eigenvalue weighted by molar-refractivity contribution is 5.98. The van der Waals surface area contributed by atoms with Crippen LogP contribution in [0.15, 0.2) is 42.5 Å². The van der Waals surface area contributed by atoms with Crippen molar-refractivity contribution in [1.82, 2.24) is 5.32 Å². The lowest BCUT2D eigenvalue weighted by molar-refractivity contribution is -0.123. The van der Waals surface area contributed by atoms with Crippen molar-refractivity contribution in [3.05, 3.63) is 48.0 Å². The second kappa shape index (κ2) is 9.47. The van der Waals surface area contributed by atoms with Gasteiger partial charge in [0.1, 0.15) is 12.3 Å². The SMILES string of the molecule is COc1ccc(CNC(=O)CN(C(C)=O)c2ccccc2OC)cc1OC. The van der Waals surface area contributed by atoms with Crippen LogP contribution in [0.4, 0.5) is 5.69 Å². The van der Waals surface area contributed by atoms with Gasteiger partial charge in [0.25, 0.3) is 0 Å². The van der Waals surface area contributed by atoms with Gasteiger partial charge >= 0.3 is 0 Å². The molecule has 2 amide bonds. The van der Waals surface area contributed by atoms with Gasteiger partial charge in [-0.25, -0.2) is 0 Å². The number of hydrogen-bond donors (Lipinski definition) is 1. The molecular weight excluding hydrogens is 348 g/mol. The molecule has 7 heteroatoms. The number of hydrogen-bond acceptors (Lipinski definition) is 5. The van der Waals surface area contributed by atoms with Gasteiger partial charge in [-0.1, -0.05) is 18.2 Å². The van der Waals surface area contributed by atoms with Crippen molar-refractivity contribution in [1.29, 1.82) is 0 Å². The Morgan fingerprint density at radius 3 is 2.22 bits per heavy atom. The molecule has 0 aliphatic rings. The largest absolute Gasteiger partial charge is 0.495 e. The zero-order valence-corrected chi connectivity index (χ0v) is 15.9. The van der Waals surface area contributed by atoms with E-state index in [1.54, 1.807) is 50.6 Å². The quantitative estimate of drug-likeness (QED) is 0.770. The molecule has 0 aliphatic heterocycles. The lowest BCUT2D eigenvalue weighted by Crippen LogP contribution is -2.39. The number of carbonyl (C=O) groups is 2. The lowest BCUT2D eigenvalue weighted by Gasteiger charge is -2.22. The van der Waals surface area contributed by atoms with Gasteiger partial charge in [0.05, 0.1) is 27.0 Å². The second-order valence-corrected chi connectivity index (χ2v) is 5.74. The number of para-hydroxylation sites is 2. The van der Waals surface area contributed by atoms with Gasteiger partial charge in [-0.15, -0.1) is 0 Å². The third-order valence-corrected chi connectivity index (χ3v) is 4.00. The molecule has 0 saturated heterocycles. The third kappa shape index (κ3) is 5.13. The van der Waals surface area contributed by atoms with Crippen molar-refractivity contribution in [2.45, 2.75) is 13.5 Å². The van der Waals surface area contributed by atoms with E-state index in [2.05, 4.69) is 5.32 Å². The van der Waals surface area contributed by atoms with Crippen molar-refractivity contribution in [2.24, 2.45) is 0 Å². The van der Waals surface area contributed by atoms with E-state index in [9.17, 15) is 9.59 Å². The average molecular weight is 372 g/mol. The van der Waals surface area contributed by atoms with Gasteiger partial charge in [0, 0.05) is 13.5 Å². The van der Waals surface area contributed by atoms with E-state index in [0.717, 1.165) is 5.56 Å². The number of amides is 2. The molecule has 0 heterocycles. The van der Waals surface area contributed by atoms with Crippen LogP contribution in [0, 0.1) is 0 Å². The van der Waals surface area contributed by atoms with Crippen molar-refractivity contribution < 1.29 is 23.8 Å². The maximum absolute atomic E-state index is 12.4. The van der Waals surface area contributed by atoms with Crippen molar-refractivity contribution >= 4 is 17.5 Å². The summed E-state index contributed by atoms with van der Waals surface area (Å²) in [5, 5.41) is 2.81. The van der Waals surface area contributed by atoms with Crippen LogP contribution in [-0.2, 0) is 16.1 Å². The number of nitrogens with zero attached hydrogens (tertiary/aromatic N) is 1. The number of anilines is 1. The summed E-state index contributed by atoms with van der Waals surface area (Å²) in [6.45, 7) is 1.61. The molecule has 2 aromatic carbocycles.